The number of hydrogen-bond acceptors (Lipinski definition) is 4. The Balaban J connectivity index is 1.60. The Labute approximate surface area is 136 Å². The molecule has 1 aliphatic heterocycles. The highest BCUT2D eigenvalue weighted by Gasteiger charge is 2.36. The van der Waals surface area contributed by atoms with Gasteiger partial charge in [-0.2, -0.15) is 5.10 Å². The molecule has 1 aromatic heterocycles. The summed E-state index contributed by atoms with van der Waals surface area (Å²) in [7, 11) is 1.66. The van der Waals surface area contributed by atoms with Gasteiger partial charge in [0.25, 0.3) is 5.56 Å². The maximum atomic E-state index is 12.6. The van der Waals surface area contributed by atoms with Crippen LogP contribution in [-0.4, -0.2) is 34.8 Å². The first kappa shape index (κ1) is 16.0. The summed E-state index contributed by atoms with van der Waals surface area (Å²) in [6.45, 7) is 3.71. The van der Waals surface area contributed by atoms with Gasteiger partial charge in [-0.1, -0.05) is 26.2 Å². The zero-order valence-corrected chi connectivity index (χ0v) is 14.0. The number of rotatable bonds is 3. The van der Waals surface area contributed by atoms with Gasteiger partial charge < -0.3 is 10.2 Å². The van der Waals surface area contributed by atoms with Crippen molar-refractivity contribution in [1.82, 2.24) is 15.1 Å². The van der Waals surface area contributed by atoms with Crippen LogP contribution in [0.15, 0.2) is 16.9 Å². The van der Waals surface area contributed by atoms with Gasteiger partial charge in [-0.15, -0.1) is 0 Å². The third-order valence-electron chi connectivity index (χ3n) is 5.30. The second-order valence-electron chi connectivity index (χ2n) is 7.18. The molecule has 23 heavy (non-hydrogen) atoms. The highest BCUT2D eigenvalue weighted by molar-refractivity contribution is 5.82. The predicted octanol–water partition coefficient (Wildman–Crippen LogP) is 1.45. The Morgan fingerprint density at radius 2 is 2.04 bits per heavy atom. The van der Waals surface area contributed by atoms with Gasteiger partial charge in [0.2, 0.25) is 5.91 Å². The van der Waals surface area contributed by atoms with Crippen LogP contribution in [0.2, 0.25) is 0 Å². The van der Waals surface area contributed by atoms with Crippen LogP contribution in [0.4, 0.5) is 5.82 Å². The van der Waals surface area contributed by atoms with Gasteiger partial charge in [-0.3, -0.25) is 9.59 Å². The number of nitrogens with zero attached hydrogens (tertiary/aromatic N) is 3. The third kappa shape index (κ3) is 3.41. The number of aromatic nitrogens is 2. The fraction of sp³-hybridized carbons (Fsp3) is 0.706. The minimum absolute atomic E-state index is 0.108. The van der Waals surface area contributed by atoms with Gasteiger partial charge >= 0.3 is 0 Å². The van der Waals surface area contributed by atoms with Gasteiger partial charge in [-0.05, 0) is 25.3 Å². The van der Waals surface area contributed by atoms with Gasteiger partial charge in [0.05, 0.1) is 0 Å². The Bertz CT molecular complexity index is 634. The monoisotopic (exact) mass is 318 g/mol. The minimum Gasteiger partial charge on any atom is -0.353 e. The van der Waals surface area contributed by atoms with Crippen LogP contribution in [0, 0.1) is 5.41 Å². The van der Waals surface area contributed by atoms with Crippen molar-refractivity contribution >= 4 is 11.7 Å². The number of aryl methyl sites for hydroxylation is 1. The minimum atomic E-state index is -0.194. The molecule has 3 rings (SSSR count). The van der Waals surface area contributed by atoms with E-state index in [0.29, 0.717) is 0 Å². The third-order valence-corrected chi connectivity index (χ3v) is 5.30. The largest absolute Gasteiger partial charge is 0.353 e. The van der Waals surface area contributed by atoms with Crippen LogP contribution in [0.5, 0.6) is 0 Å². The summed E-state index contributed by atoms with van der Waals surface area (Å²) in [5, 5.41) is 7.53. The second-order valence-corrected chi connectivity index (χ2v) is 7.18. The van der Waals surface area contributed by atoms with Crippen molar-refractivity contribution in [2.45, 2.75) is 51.5 Å². The number of anilines is 1. The Morgan fingerprint density at radius 1 is 1.30 bits per heavy atom. The fourth-order valence-electron chi connectivity index (χ4n) is 3.66. The van der Waals surface area contributed by atoms with E-state index < -0.39 is 0 Å². The van der Waals surface area contributed by atoms with E-state index in [-0.39, 0.29) is 22.9 Å². The first-order chi connectivity index (χ1) is 11.0. The lowest BCUT2D eigenvalue weighted by atomic mass is 9.75. The molecule has 0 aromatic carbocycles. The second kappa shape index (κ2) is 6.34. The van der Waals surface area contributed by atoms with Crippen LogP contribution in [-0.2, 0) is 11.8 Å². The van der Waals surface area contributed by atoms with E-state index in [0.717, 1.165) is 51.0 Å². The smallest absolute Gasteiger partial charge is 0.266 e. The van der Waals surface area contributed by atoms with Crippen LogP contribution >= 0.6 is 0 Å². The van der Waals surface area contributed by atoms with E-state index in [1.165, 1.54) is 17.2 Å². The van der Waals surface area contributed by atoms with E-state index in [4.69, 9.17) is 0 Å². The zero-order valence-electron chi connectivity index (χ0n) is 14.0. The summed E-state index contributed by atoms with van der Waals surface area (Å²) in [6, 6.07) is 3.46. The first-order valence-electron chi connectivity index (χ1n) is 8.58. The number of amides is 1. The van der Waals surface area contributed by atoms with Gasteiger partial charge in [0, 0.05) is 37.7 Å². The lowest BCUT2D eigenvalue weighted by Crippen LogP contribution is -2.46. The number of carbonyl (C=O) groups excluding carboxylic acids is 1. The molecule has 2 aliphatic rings. The molecule has 6 nitrogen and oxygen atoms in total. The highest BCUT2D eigenvalue weighted by Crippen LogP contribution is 2.36. The highest BCUT2D eigenvalue weighted by atomic mass is 16.2. The molecular weight excluding hydrogens is 292 g/mol. The molecule has 1 unspecified atom stereocenters. The maximum Gasteiger partial charge on any atom is 0.266 e. The summed E-state index contributed by atoms with van der Waals surface area (Å²) in [5.74, 6) is 1.00. The van der Waals surface area contributed by atoms with Crippen molar-refractivity contribution in [3.05, 3.63) is 22.5 Å². The maximum absolute atomic E-state index is 12.6. The molecule has 2 heterocycles. The molecule has 1 aliphatic carbocycles. The molecule has 1 amide bonds. The summed E-state index contributed by atoms with van der Waals surface area (Å²) < 4.78 is 1.35. The SMILES string of the molecule is Cn1nc(N2CCC(NC(=O)C3(C)CCCCC3)C2)ccc1=O. The molecule has 1 N–H and O–H groups in total. The summed E-state index contributed by atoms with van der Waals surface area (Å²) in [6.07, 6.45) is 6.48. The molecule has 6 heteroatoms. The van der Waals surface area contributed by atoms with E-state index in [1.54, 1.807) is 13.1 Å². The van der Waals surface area contributed by atoms with E-state index in [9.17, 15) is 9.59 Å². The Morgan fingerprint density at radius 3 is 2.74 bits per heavy atom. The van der Waals surface area contributed by atoms with Crippen molar-refractivity contribution in [3.8, 4) is 0 Å². The number of nitrogens with one attached hydrogen (secondary N) is 1. The number of hydrogen-bond donors (Lipinski definition) is 1. The van der Waals surface area contributed by atoms with Gasteiger partial charge in [0.15, 0.2) is 0 Å². The standard InChI is InChI=1S/C17H26N4O2/c1-17(9-4-3-5-10-17)16(23)18-13-8-11-21(12-13)14-6-7-15(22)20(2)19-14/h6-7,13H,3-5,8-12H2,1-2H3,(H,18,23). The summed E-state index contributed by atoms with van der Waals surface area (Å²) >= 11 is 0. The van der Waals surface area contributed by atoms with Crippen LogP contribution in [0.25, 0.3) is 0 Å². The molecule has 126 valence electrons. The quantitative estimate of drug-likeness (QED) is 0.916. The molecular formula is C17H26N4O2. The topological polar surface area (TPSA) is 67.2 Å². The lowest BCUT2D eigenvalue weighted by Gasteiger charge is -2.33. The van der Waals surface area contributed by atoms with Crippen molar-refractivity contribution in [3.63, 3.8) is 0 Å². The zero-order chi connectivity index (χ0) is 16.4. The van der Waals surface area contributed by atoms with Crippen molar-refractivity contribution in [2.75, 3.05) is 18.0 Å². The fourth-order valence-corrected chi connectivity index (χ4v) is 3.66. The van der Waals surface area contributed by atoms with E-state index in [2.05, 4.69) is 22.2 Å². The molecule has 1 aromatic rings. The molecule has 1 saturated heterocycles. The number of carbonyl (C=O) groups is 1. The normalized spacial score (nSPS) is 23.7. The molecule has 0 bridgehead atoms. The van der Waals surface area contributed by atoms with E-state index >= 15 is 0 Å². The molecule has 1 saturated carbocycles. The summed E-state index contributed by atoms with van der Waals surface area (Å²) in [5.41, 5.74) is -0.302. The van der Waals surface area contributed by atoms with Gasteiger partial charge in [-0.25, -0.2) is 4.68 Å². The Kier molecular flexibility index (Phi) is 4.41. The Hall–Kier alpha value is -1.85. The molecule has 0 radical (unpaired) electrons. The average molecular weight is 318 g/mol. The van der Waals surface area contributed by atoms with Crippen molar-refractivity contribution < 1.29 is 4.79 Å². The predicted molar refractivity (Wildman–Crippen MR) is 89.4 cm³/mol. The first-order valence-corrected chi connectivity index (χ1v) is 8.58. The van der Waals surface area contributed by atoms with Crippen molar-refractivity contribution in [1.29, 1.82) is 0 Å². The van der Waals surface area contributed by atoms with Crippen molar-refractivity contribution in [2.24, 2.45) is 12.5 Å². The average Bonchev–Trinajstić information content (AvgIpc) is 2.99. The molecule has 1 atom stereocenters. The molecule has 2 fully saturated rings. The summed E-state index contributed by atoms with van der Waals surface area (Å²) in [4.78, 5) is 26.2. The van der Waals surface area contributed by atoms with Crippen LogP contribution in [0.3, 0.4) is 0 Å². The van der Waals surface area contributed by atoms with E-state index in [1.807, 2.05) is 0 Å². The van der Waals surface area contributed by atoms with Gasteiger partial charge in [0.1, 0.15) is 5.82 Å². The molecule has 0 spiro atoms. The lowest BCUT2D eigenvalue weighted by molar-refractivity contribution is -0.132. The van der Waals surface area contributed by atoms with Crippen LogP contribution in [0.1, 0.15) is 45.4 Å². The van der Waals surface area contributed by atoms with Crippen LogP contribution < -0.4 is 15.8 Å².